The van der Waals surface area contributed by atoms with Gasteiger partial charge in [0.1, 0.15) is 11.3 Å². The van der Waals surface area contributed by atoms with Crippen molar-refractivity contribution in [2.75, 3.05) is 7.11 Å². The molecule has 0 aromatic carbocycles. The van der Waals surface area contributed by atoms with Crippen LogP contribution in [0.4, 0.5) is 13.2 Å². The van der Waals surface area contributed by atoms with Crippen LogP contribution in [0, 0.1) is 0 Å². The zero-order valence-electron chi connectivity index (χ0n) is 10.0. The normalized spacial score (nSPS) is 11.5. The van der Waals surface area contributed by atoms with Crippen molar-refractivity contribution >= 4 is 5.97 Å². The van der Waals surface area contributed by atoms with Crippen LogP contribution in [0.5, 0.6) is 5.75 Å². The minimum Gasteiger partial charge on any atom is -0.490 e. The van der Waals surface area contributed by atoms with Crippen LogP contribution in [0.2, 0.25) is 0 Å². The van der Waals surface area contributed by atoms with Gasteiger partial charge in [-0.3, -0.25) is 4.98 Å². The SMILES string of the molecule is COC(=O)c1c(OC(C)C)ccnc1C(F)(F)F. The Labute approximate surface area is 102 Å². The van der Waals surface area contributed by atoms with Gasteiger partial charge in [-0.25, -0.2) is 4.79 Å². The van der Waals surface area contributed by atoms with Crippen LogP contribution in [0.1, 0.15) is 29.9 Å². The summed E-state index contributed by atoms with van der Waals surface area (Å²) < 4.78 is 47.7. The highest BCUT2D eigenvalue weighted by Gasteiger charge is 2.39. The van der Waals surface area contributed by atoms with E-state index in [1.165, 1.54) is 6.07 Å². The molecule has 0 aliphatic carbocycles. The van der Waals surface area contributed by atoms with Crippen LogP contribution >= 0.6 is 0 Å². The summed E-state index contributed by atoms with van der Waals surface area (Å²) in [5.41, 5.74) is -2.02. The number of ether oxygens (including phenoxy) is 2. The Hall–Kier alpha value is -1.79. The van der Waals surface area contributed by atoms with Crippen molar-refractivity contribution in [1.29, 1.82) is 0 Å². The molecule has 1 aromatic rings. The standard InChI is InChI=1S/C11H12F3NO3/c1-6(2)18-7-4-5-15-9(11(12,13)14)8(7)10(16)17-3/h4-6H,1-3H3. The average molecular weight is 263 g/mol. The van der Waals surface area contributed by atoms with E-state index >= 15 is 0 Å². The van der Waals surface area contributed by atoms with E-state index in [9.17, 15) is 18.0 Å². The Bertz CT molecular complexity index is 444. The number of alkyl halides is 3. The summed E-state index contributed by atoms with van der Waals surface area (Å²) >= 11 is 0. The minimum absolute atomic E-state index is 0.195. The maximum absolute atomic E-state index is 12.7. The van der Waals surface area contributed by atoms with Gasteiger partial charge in [0.15, 0.2) is 5.69 Å². The number of rotatable bonds is 3. The predicted octanol–water partition coefficient (Wildman–Crippen LogP) is 2.67. The second-order valence-corrected chi connectivity index (χ2v) is 3.69. The largest absolute Gasteiger partial charge is 0.490 e. The zero-order chi connectivity index (χ0) is 13.9. The monoisotopic (exact) mass is 263 g/mol. The van der Waals surface area contributed by atoms with Crippen LogP contribution in [0.3, 0.4) is 0 Å². The molecule has 4 nitrogen and oxygen atoms in total. The molecule has 1 aromatic heterocycles. The van der Waals surface area contributed by atoms with Crippen LogP contribution in [0.15, 0.2) is 12.3 Å². The number of carbonyl (C=O) groups excluding carboxylic acids is 1. The van der Waals surface area contributed by atoms with Crippen molar-refractivity contribution in [3.05, 3.63) is 23.5 Å². The molecule has 0 fully saturated rings. The van der Waals surface area contributed by atoms with E-state index in [0.717, 1.165) is 13.3 Å². The molecule has 0 atom stereocenters. The Morgan fingerprint density at radius 1 is 1.39 bits per heavy atom. The van der Waals surface area contributed by atoms with Gasteiger partial charge in [0, 0.05) is 6.20 Å². The predicted molar refractivity (Wildman–Crippen MR) is 56.3 cm³/mol. The van der Waals surface area contributed by atoms with Crippen molar-refractivity contribution in [3.8, 4) is 5.75 Å². The van der Waals surface area contributed by atoms with Gasteiger partial charge in [-0.15, -0.1) is 0 Å². The molecule has 18 heavy (non-hydrogen) atoms. The number of methoxy groups -OCH3 is 1. The number of hydrogen-bond donors (Lipinski definition) is 0. The zero-order valence-corrected chi connectivity index (χ0v) is 10.0. The van der Waals surface area contributed by atoms with Gasteiger partial charge >= 0.3 is 12.1 Å². The van der Waals surface area contributed by atoms with Gasteiger partial charge in [0.05, 0.1) is 13.2 Å². The Kier molecular flexibility index (Phi) is 4.15. The number of carbonyl (C=O) groups is 1. The third-order valence-electron chi connectivity index (χ3n) is 1.93. The van der Waals surface area contributed by atoms with Gasteiger partial charge < -0.3 is 9.47 Å². The van der Waals surface area contributed by atoms with Crippen LogP contribution in [-0.4, -0.2) is 24.2 Å². The summed E-state index contributed by atoms with van der Waals surface area (Å²) in [7, 11) is 0.995. The molecular weight excluding hydrogens is 251 g/mol. The molecule has 0 N–H and O–H groups in total. The lowest BCUT2D eigenvalue weighted by atomic mass is 10.1. The first-order chi connectivity index (χ1) is 8.27. The van der Waals surface area contributed by atoms with Crippen molar-refractivity contribution in [1.82, 2.24) is 4.98 Å². The average Bonchev–Trinajstić information content (AvgIpc) is 2.25. The fraction of sp³-hybridized carbons (Fsp3) is 0.455. The van der Waals surface area contributed by atoms with Gasteiger partial charge in [0.2, 0.25) is 0 Å². The maximum atomic E-state index is 12.7. The quantitative estimate of drug-likeness (QED) is 0.787. The fourth-order valence-corrected chi connectivity index (χ4v) is 1.31. The Morgan fingerprint density at radius 2 is 2.00 bits per heavy atom. The molecule has 0 aliphatic heterocycles. The number of pyridine rings is 1. The van der Waals surface area contributed by atoms with Crippen molar-refractivity contribution in [3.63, 3.8) is 0 Å². The first kappa shape index (κ1) is 14.3. The molecular formula is C11H12F3NO3. The second kappa shape index (κ2) is 5.24. The number of halogens is 3. The van der Waals surface area contributed by atoms with Crippen LogP contribution in [0.25, 0.3) is 0 Å². The first-order valence-corrected chi connectivity index (χ1v) is 5.08. The van der Waals surface area contributed by atoms with E-state index < -0.39 is 23.4 Å². The van der Waals surface area contributed by atoms with Gasteiger partial charge in [-0.1, -0.05) is 0 Å². The molecule has 0 saturated heterocycles. The molecule has 1 heterocycles. The molecule has 0 unspecified atom stereocenters. The summed E-state index contributed by atoms with van der Waals surface area (Å²) in [6.45, 7) is 3.27. The van der Waals surface area contributed by atoms with Crippen molar-refractivity contribution in [2.45, 2.75) is 26.1 Å². The molecule has 100 valence electrons. The van der Waals surface area contributed by atoms with Crippen molar-refractivity contribution < 1.29 is 27.4 Å². The van der Waals surface area contributed by atoms with Gasteiger partial charge in [0.25, 0.3) is 0 Å². The topological polar surface area (TPSA) is 48.4 Å². The fourth-order valence-electron chi connectivity index (χ4n) is 1.31. The molecule has 7 heteroatoms. The second-order valence-electron chi connectivity index (χ2n) is 3.69. The summed E-state index contributed by atoms with van der Waals surface area (Å²) in [6.07, 6.45) is -4.19. The Morgan fingerprint density at radius 3 is 2.44 bits per heavy atom. The first-order valence-electron chi connectivity index (χ1n) is 5.08. The van der Waals surface area contributed by atoms with Crippen LogP contribution < -0.4 is 4.74 Å². The van der Waals surface area contributed by atoms with Crippen LogP contribution in [-0.2, 0) is 10.9 Å². The molecule has 0 saturated carbocycles. The van der Waals surface area contributed by atoms with E-state index in [-0.39, 0.29) is 11.9 Å². The Balaban J connectivity index is 3.40. The van der Waals surface area contributed by atoms with Gasteiger partial charge in [-0.2, -0.15) is 13.2 Å². The number of nitrogens with zero attached hydrogens (tertiary/aromatic N) is 1. The number of hydrogen-bond acceptors (Lipinski definition) is 4. The summed E-state index contributed by atoms with van der Waals surface area (Å²) in [6, 6.07) is 1.20. The lowest BCUT2D eigenvalue weighted by Crippen LogP contribution is -2.19. The van der Waals surface area contributed by atoms with E-state index in [4.69, 9.17) is 4.74 Å². The highest BCUT2D eigenvalue weighted by molar-refractivity contribution is 5.93. The van der Waals surface area contributed by atoms with E-state index in [1.54, 1.807) is 13.8 Å². The third kappa shape index (κ3) is 3.12. The van der Waals surface area contributed by atoms with Gasteiger partial charge in [-0.05, 0) is 19.9 Å². The van der Waals surface area contributed by atoms with E-state index in [0.29, 0.717) is 0 Å². The number of esters is 1. The summed E-state index contributed by atoms with van der Waals surface area (Å²) in [4.78, 5) is 14.6. The molecule has 0 aliphatic rings. The molecule has 0 bridgehead atoms. The molecule has 0 spiro atoms. The third-order valence-corrected chi connectivity index (χ3v) is 1.93. The lowest BCUT2D eigenvalue weighted by molar-refractivity contribution is -0.141. The van der Waals surface area contributed by atoms with E-state index in [2.05, 4.69) is 9.72 Å². The van der Waals surface area contributed by atoms with E-state index in [1.807, 2.05) is 0 Å². The maximum Gasteiger partial charge on any atom is 0.434 e. The molecule has 0 radical (unpaired) electrons. The summed E-state index contributed by atoms with van der Waals surface area (Å²) in [5.74, 6) is -1.33. The van der Waals surface area contributed by atoms with Crippen molar-refractivity contribution in [2.24, 2.45) is 0 Å². The smallest absolute Gasteiger partial charge is 0.434 e. The highest BCUT2D eigenvalue weighted by Crippen LogP contribution is 2.34. The number of aromatic nitrogens is 1. The minimum atomic E-state index is -4.75. The molecule has 1 rings (SSSR count). The lowest BCUT2D eigenvalue weighted by Gasteiger charge is -2.16. The summed E-state index contributed by atoms with van der Waals surface area (Å²) in [5, 5.41) is 0. The highest BCUT2D eigenvalue weighted by atomic mass is 19.4. The molecule has 0 amide bonds.